The van der Waals surface area contributed by atoms with Gasteiger partial charge in [0.25, 0.3) is 0 Å². The monoisotopic (exact) mass is 204 g/mol. The molecular weight excluding hydrogens is 192 g/mol. The van der Waals surface area contributed by atoms with Crippen LogP contribution in [0.4, 0.5) is 0 Å². The minimum absolute atomic E-state index is 0.410. The van der Waals surface area contributed by atoms with Crippen LogP contribution < -0.4 is 4.74 Å². The van der Waals surface area contributed by atoms with E-state index in [1.807, 2.05) is 25.1 Å². The number of fused-ring (bicyclic) bond motifs is 1. The molecule has 0 bridgehead atoms. The second-order valence-electron chi connectivity index (χ2n) is 3.30. The average Bonchev–Trinajstić information content (AvgIpc) is 2.62. The molecule has 0 amide bonds. The Bertz CT molecular complexity index is 476. The Morgan fingerprint density at radius 2 is 2.40 bits per heavy atom. The van der Waals surface area contributed by atoms with Gasteiger partial charge in [0.2, 0.25) is 0 Å². The molecule has 2 rings (SSSR count). The number of aldehydes is 1. The quantitative estimate of drug-likeness (QED) is 0.610. The number of H-pyrrole nitrogens is 1. The van der Waals surface area contributed by atoms with Crippen molar-refractivity contribution in [1.29, 1.82) is 0 Å². The highest BCUT2D eigenvalue weighted by atomic mass is 16.5. The maximum atomic E-state index is 10.2. The number of ether oxygens (including phenoxy) is 1. The van der Waals surface area contributed by atoms with Crippen molar-refractivity contribution in [3.63, 3.8) is 0 Å². The number of nitrogens with zero attached hydrogens (tertiary/aromatic N) is 1. The van der Waals surface area contributed by atoms with Gasteiger partial charge in [-0.2, -0.15) is 5.10 Å². The average molecular weight is 204 g/mol. The number of hydrogen-bond donors (Lipinski definition) is 1. The second kappa shape index (κ2) is 4.13. The zero-order valence-electron chi connectivity index (χ0n) is 8.49. The molecule has 0 radical (unpaired) electrons. The number of benzene rings is 1. The molecule has 0 saturated carbocycles. The number of carbonyl (C=O) groups is 1. The van der Waals surface area contributed by atoms with E-state index in [9.17, 15) is 4.79 Å². The van der Waals surface area contributed by atoms with Crippen LogP contribution in [0.2, 0.25) is 0 Å². The van der Waals surface area contributed by atoms with Crippen LogP contribution in [0.25, 0.3) is 10.9 Å². The third-order valence-corrected chi connectivity index (χ3v) is 2.22. The Labute approximate surface area is 87.2 Å². The first kappa shape index (κ1) is 9.71. The predicted octanol–water partition coefficient (Wildman–Crippen LogP) is 1.84. The van der Waals surface area contributed by atoms with E-state index in [4.69, 9.17) is 4.74 Å². The molecule has 0 fully saturated rings. The summed E-state index contributed by atoms with van der Waals surface area (Å²) in [5.74, 6) is 0.778. The molecule has 1 aromatic heterocycles. The van der Waals surface area contributed by atoms with Crippen LogP contribution in [0.15, 0.2) is 18.2 Å². The van der Waals surface area contributed by atoms with Crippen LogP contribution in [-0.4, -0.2) is 23.1 Å². The van der Waals surface area contributed by atoms with Gasteiger partial charge in [-0.05, 0) is 19.1 Å². The summed E-state index contributed by atoms with van der Waals surface area (Å²) in [5, 5.41) is 8.03. The molecule has 4 heteroatoms. The molecule has 1 aromatic carbocycles. The van der Waals surface area contributed by atoms with Crippen molar-refractivity contribution >= 4 is 17.2 Å². The number of hydrogen-bond acceptors (Lipinski definition) is 3. The van der Waals surface area contributed by atoms with Gasteiger partial charge < -0.3 is 9.53 Å². The van der Waals surface area contributed by atoms with E-state index in [1.54, 1.807) is 0 Å². The van der Waals surface area contributed by atoms with Crippen LogP contribution in [0.1, 0.15) is 12.1 Å². The summed E-state index contributed by atoms with van der Waals surface area (Å²) in [5.41, 5.74) is 1.86. The van der Waals surface area contributed by atoms with Gasteiger partial charge in [-0.15, -0.1) is 0 Å². The van der Waals surface area contributed by atoms with Gasteiger partial charge in [-0.3, -0.25) is 5.10 Å². The molecule has 0 unspecified atom stereocenters. The molecule has 15 heavy (non-hydrogen) atoms. The van der Waals surface area contributed by atoms with Gasteiger partial charge in [-0.25, -0.2) is 0 Å². The lowest BCUT2D eigenvalue weighted by Crippen LogP contribution is -1.98. The molecule has 1 N–H and O–H groups in total. The third-order valence-electron chi connectivity index (χ3n) is 2.22. The first-order valence-electron chi connectivity index (χ1n) is 4.83. The second-order valence-corrected chi connectivity index (χ2v) is 3.30. The van der Waals surface area contributed by atoms with Gasteiger partial charge in [-0.1, -0.05) is 6.07 Å². The SMILES string of the molecule is Cc1[nH]nc2cccc(OCCC=O)c12. The zero-order valence-corrected chi connectivity index (χ0v) is 8.49. The van der Waals surface area contributed by atoms with Crippen molar-refractivity contribution in [2.45, 2.75) is 13.3 Å². The largest absolute Gasteiger partial charge is 0.492 e. The summed E-state index contributed by atoms with van der Waals surface area (Å²) in [6, 6.07) is 5.69. The lowest BCUT2D eigenvalue weighted by molar-refractivity contribution is -0.108. The lowest BCUT2D eigenvalue weighted by atomic mass is 10.2. The molecule has 0 saturated heterocycles. The minimum atomic E-state index is 0.410. The van der Waals surface area contributed by atoms with Gasteiger partial charge in [0, 0.05) is 12.1 Å². The van der Waals surface area contributed by atoms with E-state index in [0.717, 1.165) is 28.6 Å². The summed E-state index contributed by atoms with van der Waals surface area (Å²) < 4.78 is 5.51. The molecule has 4 nitrogen and oxygen atoms in total. The van der Waals surface area contributed by atoms with E-state index < -0.39 is 0 Å². The third kappa shape index (κ3) is 1.83. The topological polar surface area (TPSA) is 55.0 Å². The van der Waals surface area contributed by atoms with Gasteiger partial charge in [0.05, 0.1) is 17.5 Å². The number of nitrogens with one attached hydrogen (secondary N) is 1. The minimum Gasteiger partial charge on any atom is -0.492 e. The van der Waals surface area contributed by atoms with Crippen molar-refractivity contribution in [3.05, 3.63) is 23.9 Å². The number of rotatable bonds is 4. The van der Waals surface area contributed by atoms with Crippen LogP contribution in [-0.2, 0) is 4.79 Å². The summed E-state index contributed by atoms with van der Waals surface area (Å²) in [6.45, 7) is 2.36. The van der Waals surface area contributed by atoms with E-state index in [0.29, 0.717) is 13.0 Å². The first-order valence-corrected chi connectivity index (χ1v) is 4.83. The van der Waals surface area contributed by atoms with Crippen molar-refractivity contribution < 1.29 is 9.53 Å². The standard InChI is InChI=1S/C11H12N2O2/c1-8-11-9(13-12-8)4-2-5-10(11)15-7-3-6-14/h2,4-6H,3,7H2,1H3,(H,12,13). The fourth-order valence-electron chi connectivity index (χ4n) is 1.53. The Hall–Kier alpha value is -1.84. The fraction of sp³-hybridized carbons (Fsp3) is 0.273. The van der Waals surface area contributed by atoms with Gasteiger partial charge in [0.1, 0.15) is 12.0 Å². The number of aryl methyl sites for hydroxylation is 1. The Balaban J connectivity index is 2.32. The van der Waals surface area contributed by atoms with Crippen molar-refractivity contribution in [2.75, 3.05) is 6.61 Å². The Morgan fingerprint density at radius 1 is 1.53 bits per heavy atom. The Kier molecular flexibility index (Phi) is 2.67. The highest BCUT2D eigenvalue weighted by molar-refractivity contribution is 5.87. The molecule has 78 valence electrons. The van der Waals surface area contributed by atoms with Gasteiger partial charge in [0.15, 0.2) is 0 Å². The van der Waals surface area contributed by atoms with Crippen molar-refractivity contribution in [1.82, 2.24) is 10.2 Å². The van der Waals surface area contributed by atoms with Crippen LogP contribution in [0, 0.1) is 6.92 Å². The first-order chi connectivity index (χ1) is 7.33. The number of aromatic nitrogens is 2. The molecule has 0 aliphatic rings. The molecule has 0 spiro atoms. The van der Waals surface area contributed by atoms with Crippen molar-refractivity contribution in [3.8, 4) is 5.75 Å². The van der Waals surface area contributed by atoms with Crippen LogP contribution >= 0.6 is 0 Å². The van der Waals surface area contributed by atoms with E-state index in [-0.39, 0.29) is 0 Å². The van der Waals surface area contributed by atoms with Crippen LogP contribution in [0.3, 0.4) is 0 Å². The highest BCUT2D eigenvalue weighted by Crippen LogP contribution is 2.26. The summed E-state index contributed by atoms with van der Waals surface area (Å²) in [4.78, 5) is 10.2. The predicted molar refractivity (Wildman–Crippen MR) is 57.0 cm³/mol. The Morgan fingerprint density at radius 3 is 3.20 bits per heavy atom. The lowest BCUT2D eigenvalue weighted by Gasteiger charge is -2.05. The zero-order chi connectivity index (χ0) is 10.7. The molecule has 1 heterocycles. The fourth-order valence-corrected chi connectivity index (χ4v) is 1.53. The van der Waals surface area contributed by atoms with Crippen LogP contribution in [0.5, 0.6) is 5.75 Å². The number of aromatic amines is 1. The van der Waals surface area contributed by atoms with Gasteiger partial charge >= 0.3 is 0 Å². The summed E-state index contributed by atoms with van der Waals surface area (Å²) >= 11 is 0. The van der Waals surface area contributed by atoms with E-state index in [1.165, 1.54) is 0 Å². The summed E-state index contributed by atoms with van der Waals surface area (Å²) in [7, 11) is 0. The normalized spacial score (nSPS) is 10.5. The van der Waals surface area contributed by atoms with Crippen molar-refractivity contribution in [2.24, 2.45) is 0 Å². The summed E-state index contributed by atoms with van der Waals surface area (Å²) in [6.07, 6.45) is 1.26. The molecule has 0 aliphatic heterocycles. The molecule has 0 aliphatic carbocycles. The molecular formula is C11H12N2O2. The highest BCUT2D eigenvalue weighted by Gasteiger charge is 2.07. The number of carbonyl (C=O) groups excluding carboxylic acids is 1. The van der Waals surface area contributed by atoms with E-state index in [2.05, 4.69) is 10.2 Å². The molecule has 0 atom stereocenters. The maximum Gasteiger partial charge on any atom is 0.130 e. The van der Waals surface area contributed by atoms with E-state index >= 15 is 0 Å². The smallest absolute Gasteiger partial charge is 0.130 e. The maximum absolute atomic E-state index is 10.2. The molecule has 2 aromatic rings.